The van der Waals surface area contributed by atoms with Gasteiger partial charge in [-0.25, -0.2) is 0 Å². The van der Waals surface area contributed by atoms with Gasteiger partial charge in [0.15, 0.2) is 0 Å². The first-order valence-electron chi connectivity index (χ1n) is 9.67. The molecule has 0 saturated carbocycles. The van der Waals surface area contributed by atoms with Gasteiger partial charge in [-0.1, -0.05) is 105 Å². The lowest BCUT2D eigenvalue weighted by atomic mass is 9.98. The number of hydrogen-bond acceptors (Lipinski definition) is 0. The van der Waals surface area contributed by atoms with Crippen molar-refractivity contribution in [1.29, 1.82) is 0 Å². The van der Waals surface area contributed by atoms with Crippen LogP contribution in [0.5, 0.6) is 0 Å². The van der Waals surface area contributed by atoms with Crippen molar-refractivity contribution in [2.45, 2.75) is 108 Å². The van der Waals surface area contributed by atoms with E-state index in [0.717, 1.165) is 11.8 Å². The molecule has 0 heteroatoms. The average molecular weight is 313 g/mol. The first-order valence-corrected chi connectivity index (χ1v) is 9.67. The summed E-state index contributed by atoms with van der Waals surface area (Å²) in [5.74, 6) is 1.45. The van der Waals surface area contributed by atoms with Crippen molar-refractivity contribution in [2.24, 2.45) is 11.8 Å². The zero-order chi connectivity index (χ0) is 18.6. The van der Waals surface area contributed by atoms with Crippen LogP contribution in [0.15, 0.2) is 24.3 Å². The molecule has 0 aliphatic rings. The number of allylic oxidation sites excluding steroid dienone is 2. The van der Waals surface area contributed by atoms with E-state index < -0.39 is 0 Å². The smallest absolute Gasteiger partial charge is 0.0237 e. The van der Waals surface area contributed by atoms with E-state index in [1.165, 1.54) is 49.7 Å². The molecule has 0 radical (unpaired) electrons. The van der Waals surface area contributed by atoms with Gasteiger partial charge in [0.2, 0.25) is 0 Å². The van der Waals surface area contributed by atoms with Crippen molar-refractivity contribution in [3.05, 3.63) is 24.3 Å². The molecule has 0 fully saturated rings. The summed E-state index contributed by atoms with van der Waals surface area (Å²) in [6.45, 7) is 29.0. The molecule has 136 valence electrons. The van der Waals surface area contributed by atoms with Crippen molar-refractivity contribution in [3.63, 3.8) is 0 Å². The predicted octanol–water partition coefficient (Wildman–Crippen LogP) is 8.83. The standard InChI is InChI=1S/2C9H18.2C2H6/c2*1-5-6-7-9(4)8(2)3;2*1-2/h2*9H,2,5-7H2,1,3-4H3;2*1-2H3. The minimum Gasteiger partial charge on any atom is -0.0999 e. The number of hydrogen-bond donors (Lipinski definition) is 0. The molecule has 0 bridgehead atoms. The van der Waals surface area contributed by atoms with E-state index in [1.807, 2.05) is 27.7 Å². The van der Waals surface area contributed by atoms with Crippen molar-refractivity contribution in [3.8, 4) is 0 Å². The topological polar surface area (TPSA) is 0 Å². The van der Waals surface area contributed by atoms with Crippen LogP contribution < -0.4 is 0 Å². The van der Waals surface area contributed by atoms with E-state index in [4.69, 9.17) is 0 Å². The second-order valence-electron chi connectivity index (χ2n) is 5.78. The van der Waals surface area contributed by atoms with E-state index >= 15 is 0 Å². The van der Waals surface area contributed by atoms with Crippen molar-refractivity contribution < 1.29 is 0 Å². The molecule has 0 nitrogen and oxygen atoms in total. The Morgan fingerprint density at radius 2 is 0.909 bits per heavy atom. The molecule has 0 amide bonds. The summed E-state index contributed by atoms with van der Waals surface area (Å²) in [7, 11) is 0. The van der Waals surface area contributed by atoms with Gasteiger partial charge in [-0.2, -0.15) is 0 Å². The van der Waals surface area contributed by atoms with Crippen LogP contribution in [0.2, 0.25) is 0 Å². The summed E-state index contributed by atoms with van der Waals surface area (Å²) in [5, 5.41) is 0. The van der Waals surface area contributed by atoms with Gasteiger partial charge in [0.05, 0.1) is 0 Å². The molecule has 0 aliphatic carbocycles. The average Bonchev–Trinajstić information content (AvgIpc) is 2.54. The maximum atomic E-state index is 3.91. The first-order chi connectivity index (χ1) is 10.4. The van der Waals surface area contributed by atoms with Gasteiger partial charge in [-0.3, -0.25) is 0 Å². The third-order valence-corrected chi connectivity index (χ3v) is 3.66. The molecule has 0 aromatic heterocycles. The minimum absolute atomic E-state index is 0.727. The van der Waals surface area contributed by atoms with Gasteiger partial charge in [0.25, 0.3) is 0 Å². The minimum atomic E-state index is 0.727. The first kappa shape index (κ1) is 29.5. The fourth-order valence-corrected chi connectivity index (χ4v) is 1.51. The summed E-state index contributed by atoms with van der Waals surface area (Å²) in [6, 6.07) is 0. The molecule has 0 aromatic carbocycles. The highest BCUT2D eigenvalue weighted by Crippen LogP contribution is 2.15. The molecule has 0 rings (SSSR count). The highest BCUT2D eigenvalue weighted by molar-refractivity contribution is 4.93. The Kier molecular flexibility index (Phi) is 34.1. The van der Waals surface area contributed by atoms with Gasteiger partial charge in [-0.15, -0.1) is 0 Å². The van der Waals surface area contributed by atoms with E-state index in [1.54, 1.807) is 0 Å². The number of unbranched alkanes of at least 4 members (excludes halogenated alkanes) is 2. The van der Waals surface area contributed by atoms with Gasteiger partial charge >= 0.3 is 0 Å². The number of rotatable bonds is 8. The monoisotopic (exact) mass is 312 g/mol. The zero-order valence-electron chi connectivity index (χ0n) is 17.8. The fraction of sp³-hybridized carbons (Fsp3) is 0.818. The molecular formula is C22H48. The summed E-state index contributed by atoms with van der Waals surface area (Å²) >= 11 is 0. The molecular weight excluding hydrogens is 264 g/mol. The highest BCUT2D eigenvalue weighted by atomic mass is 14.1. The molecule has 2 atom stereocenters. The fourth-order valence-electron chi connectivity index (χ4n) is 1.51. The Bertz CT molecular complexity index is 188. The lowest BCUT2D eigenvalue weighted by Gasteiger charge is -2.08. The molecule has 0 N–H and O–H groups in total. The summed E-state index contributed by atoms with van der Waals surface area (Å²) in [6.07, 6.45) is 7.91. The van der Waals surface area contributed by atoms with Gasteiger partial charge in [0.1, 0.15) is 0 Å². The van der Waals surface area contributed by atoms with Crippen LogP contribution in [0.4, 0.5) is 0 Å². The van der Waals surface area contributed by atoms with Crippen LogP contribution in [-0.4, -0.2) is 0 Å². The quantitative estimate of drug-likeness (QED) is 0.393. The molecule has 0 saturated heterocycles. The largest absolute Gasteiger partial charge is 0.0999 e. The molecule has 0 spiro atoms. The predicted molar refractivity (Wildman–Crippen MR) is 110 cm³/mol. The van der Waals surface area contributed by atoms with E-state index in [2.05, 4.69) is 54.7 Å². The normalized spacial score (nSPS) is 11.4. The van der Waals surface area contributed by atoms with Gasteiger partial charge < -0.3 is 0 Å². The van der Waals surface area contributed by atoms with Crippen molar-refractivity contribution in [2.75, 3.05) is 0 Å². The maximum Gasteiger partial charge on any atom is -0.0237 e. The Labute approximate surface area is 144 Å². The Morgan fingerprint density at radius 3 is 1.05 bits per heavy atom. The summed E-state index contributed by atoms with van der Waals surface area (Å²) in [5.41, 5.74) is 2.65. The second-order valence-corrected chi connectivity index (χ2v) is 5.78. The maximum absolute atomic E-state index is 3.91. The Morgan fingerprint density at radius 1 is 0.682 bits per heavy atom. The summed E-state index contributed by atoms with van der Waals surface area (Å²) < 4.78 is 0. The molecule has 2 unspecified atom stereocenters. The van der Waals surface area contributed by atoms with Gasteiger partial charge in [0, 0.05) is 0 Å². The van der Waals surface area contributed by atoms with Crippen LogP contribution in [-0.2, 0) is 0 Å². The molecule has 22 heavy (non-hydrogen) atoms. The van der Waals surface area contributed by atoms with E-state index in [9.17, 15) is 0 Å². The van der Waals surface area contributed by atoms with E-state index in [0.29, 0.717) is 0 Å². The van der Waals surface area contributed by atoms with Crippen LogP contribution in [0.1, 0.15) is 108 Å². The third kappa shape index (κ3) is 27.8. The molecule has 0 aromatic rings. The molecule has 0 aliphatic heterocycles. The van der Waals surface area contributed by atoms with Gasteiger partial charge in [-0.05, 0) is 38.5 Å². The van der Waals surface area contributed by atoms with Crippen molar-refractivity contribution in [1.82, 2.24) is 0 Å². The highest BCUT2D eigenvalue weighted by Gasteiger charge is 1.99. The summed E-state index contributed by atoms with van der Waals surface area (Å²) in [4.78, 5) is 0. The molecule has 0 heterocycles. The van der Waals surface area contributed by atoms with E-state index in [-0.39, 0.29) is 0 Å². The van der Waals surface area contributed by atoms with Crippen LogP contribution >= 0.6 is 0 Å². The zero-order valence-corrected chi connectivity index (χ0v) is 17.8. The Hall–Kier alpha value is -0.520. The lowest BCUT2D eigenvalue weighted by molar-refractivity contribution is 0.573. The Balaban J connectivity index is -0.000000120. The van der Waals surface area contributed by atoms with Crippen molar-refractivity contribution >= 4 is 0 Å². The van der Waals surface area contributed by atoms with Crippen LogP contribution in [0.25, 0.3) is 0 Å². The second kappa shape index (κ2) is 25.4. The lowest BCUT2D eigenvalue weighted by Crippen LogP contribution is -1.93. The van der Waals surface area contributed by atoms with Crippen LogP contribution in [0, 0.1) is 11.8 Å². The third-order valence-electron chi connectivity index (χ3n) is 3.66. The SMILES string of the molecule is C=C(C)C(C)CCCC.C=C(C)C(C)CCCC.CC.CC. The van der Waals surface area contributed by atoms with Crippen LogP contribution in [0.3, 0.4) is 0 Å².